The maximum absolute atomic E-state index is 12.1. The van der Waals surface area contributed by atoms with E-state index in [-0.39, 0.29) is 11.5 Å². The number of carbonyl (C=O) groups excluding carboxylic acids is 1. The molecule has 0 aliphatic rings. The summed E-state index contributed by atoms with van der Waals surface area (Å²) in [5, 5.41) is 8.73. The van der Waals surface area contributed by atoms with E-state index in [0.717, 1.165) is 18.5 Å². The molecule has 0 aliphatic carbocycles. The summed E-state index contributed by atoms with van der Waals surface area (Å²) in [5.74, 6) is 0.814. The quantitative estimate of drug-likeness (QED) is 0.777. The van der Waals surface area contributed by atoms with Crippen molar-refractivity contribution in [3.63, 3.8) is 0 Å². The van der Waals surface area contributed by atoms with Crippen LogP contribution in [0.5, 0.6) is 0 Å². The summed E-state index contributed by atoms with van der Waals surface area (Å²) in [5.41, 5.74) is 0.683. The highest BCUT2D eigenvalue weighted by atomic mass is 32.2. The molecule has 120 valence electrons. The van der Waals surface area contributed by atoms with Gasteiger partial charge in [0.05, 0.1) is 5.75 Å². The van der Waals surface area contributed by atoms with Crippen LogP contribution in [-0.2, 0) is 11.2 Å². The van der Waals surface area contributed by atoms with Crippen molar-refractivity contribution in [3.05, 3.63) is 22.1 Å². The summed E-state index contributed by atoms with van der Waals surface area (Å²) < 4.78 is 1.82. The summed E-state index contributed by atoms with van der Waals surface area (Å²) in [7, 11) is 0. The monoisotopic (exact) mass is 323 g/mol. The first-order chi connectivity index (χ1) is 10.6. The number of hydrogen-bond acceptors (Lipinski definition) is 5. The molecule has 0 bridgehead atoms. The molecule has 0 radical (unpaired) electrons. The summed E-state index contributed by atoms with van der Waals surface area (Å²) >= 11 is 1.35. The van der Waals surface area contributed by atoms with Gasteiger partial charge in [0.1, 0.15) is 0 Å². The molecule has 1 amide bonds. The molecular weight excluding hydrogens is 302 g/mol. The van der Waals surface area contributed by atoms with Crippen molar-refractivity contribution in [2.45, 2.75) is 38.8 Å². The fourth-order valence-corrected chi connectivity index (χ4v) is 3.17. The topological polar surface area (TPSA) is 83.4 Å². The number of nitrogens with zero attached hydrogens (tertiary/aromatic N) is 4. The molecule has 22 heavy (non-hydrogen) atoms. The van der Waals surface area contributed by atoms with E-state index in [1.807, 2.05) is 25.2 Å². The highest BCUT2D eigenvalue weighted by Crippen LogP contribution is 2.18. The fraction of sp³-hybridized carbons (Fsp3) is 0.571. The van der Waals surface area contributed by atoms with E-state index in [9.17, 15) is 9.59 Å². The average molecular weight is 323 g/mol. The molecule has 2 aromatic heterocycles. The zero-order valence-corrected chi connectivity index (χ0v) is 13.9. The van der Waals surface area contributed by atoms with Crippen molar-refractivity contribution >= 4 is 23.4 Å². The van der Waals surface area contributed by atoms with Gasteiger partial charge in [-0.05, 0) is 20.3 Å². The molecule has 0 aliphatic heterocycles. The third-order valence-corrected chi connectivity index (χ3v) is 4.31. The van der Waals surface area contributed by atoms with Crippen molar-refractivity contribution in [1.82, 2.24) is 24.5 Å². The van der Waals surface area contributed by atoms with Crippen LogP contribution < -0.4 is 5.56 Å². The van der Waals surface area contributed by atoms with Crippen molar-refractivity contribution in [3.8, 4) is 0 Å². The van der Waals surface area contributed by atoms with Gasteiger partial charge in [-0.1, -0.05) is 25.1 Å². The molecule has 2 rings (SSSR count). The molecule has 0 fully saturated rings. The van der Waals surface area contributed by atoms with Gasteiger partial charge in [0.25, 0.3) is 5.56 Å². The van der Waals surface area contributed by atoms with E-state index in [2.05, 4.69) is 15.2 Å². The molecule has 2 aromatic rings. The highest BCUT2D eigenvalue weighted by molar-refractivity contribution is 7.99. The molecule has 0 atom stereocenters. The Morgan fingerprint density at radius 3 is 2.68 bits per heavy atom. The predicted octanol–water partition coefficient (Wildman–Crippen LogP) is 1.33. The lowest BCUT2D eigenvalue weighted by Gasteiger charge is -2.17. The second-order valence-corrected chi connectivity index (χ2v) is 5.81. The van der Waals surface area contributed by atoms with Crippen LogP contribution in [0.1, 0.15) is 32.9 Å². The van der Waals surface area contributed by atoms with Crippen LogP contribution >= 0.6 is 11.8 Å². The number of rotatable bonds is 7. The maximum Gasteiger partial charge on any atom is 0.252 e. The largest absolute Gasteiger partial charge is 0.343 e. The normalized spacial score (nSPS) is 11.0. The predicted molar refractivity (Wildman–Crippen MR) is 86.3 cm³/mol. The number of aromatic amines is 1. The first kappa shape index (κ1) is 16.5. The SMILES string of the molecule is CCCc1cc(=O)[nH]c2nnc(SCC(=O)N(CC)CC)n12. The van der Waals surface area contributed by atoms with Crippen LogP contribution in [0, 0.1) is 0 Å². The number of fused-ring (bicyclic) bond motifs is 1. The summed E-state index contributed by atoms with van der Waals surface area (Å²) in [6.45, 7) is 7.37. The van der Waals surface area contributed by atoms with Gasteiger partial charge in [-0.2, -0.15) is 0 Å². The number of aromatic nitrogens is 4. The highest BCUT2D eigenvalue weighted by Gasteiger charge is 2.15. The Morgan fingerprint density at radius 1 is 1.32 bits per heavy atom. The first-order valence-electron chi connectivity index (χ1n) is 7.48. The van der Waals surface area contributed by atoms with E-state index in [0.29, 0.717) is 29.8 Å². The number of nitrogens with one attached hydrogen (secondary N) is 1. The van der Waals surface area contributed by atoms with Crippen LogP contribution in [0.15, 0.2) is 16.0 Å². The minimum absolute atomic E-state index is 0.0771. The van der Waals surface area contributed by atoms with Gasteiger partial charge >= 0.3 is 0 Å². The minimum Gasteiger partial charge on any atom is -0.343 e. The molecule has 7 nitrogen and oxygen atoms in total. The Hall–Kier alpha value is -1.83. The van der Waals surface area contributed by atoms with Crippen molar-refractivity contribution < 1.29 is 4.79 Å². The Labute approximate surface area is 133 Å². The van der Waals surface area contributed by atoms with E-state index in [1.54, 1.807) is 11.0 Å². The van der Waals surface area contributed by atoms with Crippen LogP contribution in [0.3, 0.4) is 0 Å². The third-order valence-electron chi connectivity index (χ3n) is 3.40. The first-order valence-corrected chi connectivity index (χ1v) is 8.47. The number of aryl methyl sites for hydroxylation is 1. The number of amides is 1. The van der Waals surface area contributed by atoms with E-state index in [4.69, 9.17) is 0 Å². The third kappa shape index (κ3) is 3.49. The zero-order valence-electron chi connectivity index (χ0n) is 13.1. The molecular formula is C14H21N5O2S. The van der Waals surface area contributed by atoms with Gasteiger partial charge in [0, 0.05) is 24.8 Å². The number of hydrogen-bond donors (Lipinski definition) is 1. The standard InChI is InChI=1S/C14H21N5O2S/c1-4-7-10-8-11(20)15-13-16-17-14(19(10)13)22-9-12(21)18(5-2)6-3/h8H,4-7,9H2,1-3H3,(H,15,16,20). The smallest absolute Gasteiger partial charge is 0.252 e. The number of thioether (sulfide) groups is 1. The average Bonchev–Trinajstić information content (AvgIpc) is 2.89. The lowest BCUT2D eigenvalue weighted by atomic mass is 10.2. The van der Waals surface area contributed by atoms with E-state index >= 15 is 0 Å². The second-order valence-electron chi connectivity index (χ2n) is 4.87. The fourth-order valence-electron chi connectivity index (χ4n) is 2.30. The van der Waals surface area contributed by atoms with Crippen molar-refractivity contribution in [2.75, 3.05) is 18.8 Å². The van der Waals surface area contributed by atoms with Crippen LogP contribution in [0.25, 0.3) is 5.78 Å². The molecule has 0 saturated heterocycles. The van der Waals surface area contributed by atoms with Crippen LogP contribution in [0.2, 0.25) is 0 Å². The molecule has 1 N–H and O–H groups in total. The Balaban J connectivity index is 2.25. The van der Waals surface area contributed by atoms with Crippen molar-refractivity contribution in [2.24, 2.45) is 0 Å². The van der Waals surface area contributed by atoms with Crippen LogP contribution in [0.4, 0.5) is 0 Å². The van der Waals surface area contributed by atoms with Crippen LogP contribution in [-0.4, -0.2) is 49.2 Å². The molecule has 0 unspecified atom stereocenters. The summed E-state index contributed by atoms with van der Waals surface area (Å²) in [6, 6.07) is 1.57. The van der Waals surface area contributed by atoms with Gasteiger partial charge in [-0.3, -0.25) is 19.0 Å². The van der Waals surface area contributed by atoms with Gasteiger partial charge in [0.15, 0.2) is 5.16 Å². The Kier molecular flexibility index (Phi) is 5.59. The minimum atomic E-state index is -0.181. The van der Waals surface area contributed by atoms with Gasteiger partial charge in [-0.25, -0.2) is 0 Å². The Morgan fingerprint density at radius 2 is 2.05 bits per heavy atom. The molecule has 2 heterocycles. The van der Waals surface area contributed by atoms with Gasteiger partial charge in [0.2, 0.25) is 11.7 Å². The number of H-pyrrole nitrogens is 1. The molecule has 0 aromatic carbocycles. The molecule has 8 heteroatoms. The maximum atomic E-state index is 12.1. The second kappa shape index (κ2) is 7.44. The lowest BCUT2D eigenvalue weighted by molar-refractivity contribution is -0.127. The lowest BCUT2D eigenvalue weighted by Crippen LogP contribution is -2.31. The number of carbonyl (C=O) groups is 1. The summed E-state index contributed by atoms with van der Waals surface area (Å²) in [4.78, 5) is 28.2. The van der Waals surface area contributed by atoms with E-state index < -0.39 is 0 Å². The zero-order chi connectivity index (χ0) is 16.1. The molecule has 0 saturated carbocycles. The van der Waals surface area contributed by atoms with Gasteiger partial charge in [-0.15, -0.1) is 10.2 Å². The van der Waals surface area contributed by atoms with E-state index in [1.165, 1.54) is 11.8 Å². The van der Waals surface area contributed by atoms with Crippen molar-refractivity contribution in [1.29, 1.82) is 0 Å². The molecule has 0 spiro atoms. The summed E-state index contributed by atoms with van der Waals surface area (Å²) in [6.07, 6.45) is 1.68. The Bertz CT molecular complexity index is 705. The van der Waals surface area contributed by atoms with Gasteiger partial charge < -0.3 is 4.90 Å².